The number of fused-ring (bicyclic) bond motifs is 2. The van der Waals surface area contributed by atoms with Gasteiger partial charge in [0.1, 0.15) is 5.54 Å². The van der Waals surface area contributed by atoms with Crippen molar-refractivity contribution in [1.29, 1.82) is 0 Å². The summed E-state index contributed by atoms with van der Waals surface area (Å²) in [4.78, 5) is 27.0. The Morgan fingerprint density at radius 1 is 1.26 bits per heavy atom. The van der Waals surface area contributed by atoms with Crippen LogP contribution in [0.1, 0.15) is 57.1 Å². The average molecular weight is 314 g/mol. The van der Waals surface area contributed by atoms with Crippen molar-refractivity contribution in [2.45, 2.75) is 57.9 Å². The lowest BCUT2D eigenvalue weighted by Gasteiger charge is -2.24. The molecule has 3 amide bonds. The molecule has 1 aliphatic heterocycles. The maximum atomic E-state index is 13.1. The molecule has 0 radical (unpaired) electrons. The molecule has 1 aromatic carbocycles. The molecule has 1 heterocycles. The van der Waals surface area contributed by atoms with E-state index in [1.165, 1.54) is 10.5 Å². The lowest BCUT2D eigenvalue weighted by molar-refractivity contribution is -0.132. The van der Waals surface area contributed by atoms with Crippen LogP contribution in [0.2, 0.25) is 0 Å². The molecule has 1 spiro atoms. The highest BCUT2D eigenvalue weighted by molar-refractivity contribution is 6.08. The number of carbonyl (C=O) groups excluding carboxylic acids is 2. The molecule has 1 fully saturated rings. The van der Waals surface area contributed by atoms with Crippen LogP contribution in [0.25, 0.3) is 0 Å². The molecule has 23 heavy (non-hydrogen) atoms. The number of hydrogen-bond acceptors (Lipinski definition) is 2. The van der Waals surface area contributed by atoms with E-state index < -0.39 is 5.54 Å². The Morgan fingerprint density at radius 3 is 2.78 bits per heavy atom. The van der Waals surface area contributed by atoms with Crippen LogP contribution in [0.5, 0.6) is 0 Å². The van der Waals surface area contributed by atoms with Gasteiger partial charge < -0.3 is 5.32 Å². The van der Waals surface area contributed by atoms with Crippen LogP contribution in [-0.4, -0.2) is 23.4 Å². The van der Waals surface area contributed by atoms with Gasteiger partial charge in [-0.3, -0.25) is 9.69 Å². The molecule has 2 atom stereocenters. The molecular weight excluding hydrogens is 288 g/mol. The Balaban J connectivity index is 1.81. The molecule has 2 aliphatic rings. The van der Waals surface area contributed by atoms with Gasteiger partial charge >= 0.3 is 6.03 Å². The van der Waals surface area contributed by atoms with E-state index in [4.69, 9.17) is 0 Å². The fourth-order valence-corrected chi connectivity index (χ4v) is 3.93. The number of unbranched alkanes of at least 4 members (excludes halogenated alkanes) is 1. The predicted octanol–water partition coefficient (Wildman–Crippen LogP) is 3.60. The number of aryl methyl sites for hydroxylation is 1. The minimum atomic E-state index is -0.809. The van der Waals surface area contributed by atoms with E-state index in [-0.39, 0.29) is 11.9 Å². The summed E-state index contributed by atoms with van der Waals surface area (Å²) >= 11 is 0. The summed E-state index contributed by atoms with van der Waals surface area (Å²) in [5.74, 6) is 0.346. The molecule has 0 saturated carbocycles. The Morgan fingerprint density at radius 2 is 2.04 bits per heavy atom. The highest BCUT2D eigenvalue weighted by atomic mass is 16.2. The highest BCUT2D eigenvalue weighted by Gasteiger charge is 2.55. The zero-order valence-electron chi connectivity index (χ0n) is 14.1. The van der Waals surface area contributed by atoms with E-state index in [9.17, 15) is 9.59 Å². The summed E-state index contributed by atoms with van der Waals surface area (Å²) in [6.07, 6.45) is 5.90. The van der Waals surface area contributed by atoms with Gasteiger partial charge in [0.2, 0.25) is 0 Å². The first-order valence-electron chi connectivity index (χ1n) is 8.85. The first kappa shape index (κ1) is 16.0. The first-order valence-corrected chi connectivity index (χ1v) is 8.85. The SMILES string of the molecule is CCCCC(CC)CN1C(=O)NC2(CCc3ccccc32)C1=O. The minimum absolute atomic E-state index is 0.0533. The third-order valence-corrected chi connectivity index (χ3v) is 5.41. The third-order valence-electron chi connectivity index (χ3n) is 5.41. The topological polar surface area (TPSA) is 49.4 Å². The molecule has 1 aliphatic carbocycles. The van der Waals surface area contributed by atoms with E-state index in [0.29, 0.717) is 18.9 Å². The number of imide groups is 1. The zero-order chi connectivity index (χ0) is 16.4. The van der Waals surface area contributed by atoms with Crippen molar-refractivity contribution >= 4 is 11.9 Å². The average Bonchev–Trinajstić information content (AvgIpc) is 3.05. The van der Waals surface area contributed by atoms with Gasteiger partial charge in [-0.05, 0) is 36.3 Å². The summed E-state index contributed by atoms with van der Waals surface area (Å²) in [6, 6.07) is 7.76. The minimum Gasteiger partial charge on any atom is -0.319 e. The smallest absolute Gasteiger partial charge is 0.319 e. The Labute approximate surface area is 138 Å². The Bertz CT molecular complexity index is 613. The van der Waals surface area contributed by atoms with Gasteiger partial charge in [-0.25, -0.2) is 4.79 Å². The normalized spacial score (nSPS) is 24.2. The zero-order valence-corrected chi connectivity index (χ0v) is 14.1. The lowest BCUT2D eigenvalue weighted by atomic mass is 9.91. The molecule has 4 heteroatoms. The molecular formula is C19H26N2O2. The van der Waals surface area contributed by atoms with Gasteiger partial charge in [-0.2, -0.15) is 0 Å². The second kappa shape index (κ2) is 6.34. The van der Waals surface area contributed by atoms with Crippen molar-refractivity contribution in [3.63, 3.8) is 0 Å². The maximum Gasteiger partial charge on any atom is 0.325 e. The molecule has 1 aromatic rings. The third kappa shape index (κ3) is 2.64. The van der Waals surface area contributed by atoms with Crippen LogP contribution in [0, 0.1) is 5.92 Å². The quantitative estimate of drug-likeness (QED) is 0.816. The predicted molar refractivity (Wildman–Crippen MR) is 90.0 cm³/mol. The largest absolute Gasteiger partial charge is 0.325 e. The molecule has 0 aromatic heterocycles. The van der Waals surface area contributed by atoms with Gasteiger partial charge in [-0.15, -0.1) is 0 Å². The number of amides is 3. The first-order chi connectivity index (χ1) is 11.1. The van der Waals surface area contributed by atoms with Crippen molar-refractivity contribution in [3.8, 4) is 0 Å². The summed E-state index contributed by atoms with van der Waals surface area (Å²) < 4.78 is 0. The Kier molecular flexibility index (Phi) is 4.42. The number of rotatable bonds is 6. The van der Waals surface area contributed by atoms with Crippen LogP contribution >= 0.6 is 0 Å². The highest BCUT2D eigenvalue weighted by Crippen LogP contribution is 2.41. The van der Waals surface area contributed by atoms with E-state index in [1.54, 1.807) is 0 Å². The molecule has 2 unspecified atom stereocenters. The van der Waals surface area contributed by atoms with Crippen molar-refractivity contribution in [2.24, 2.45) is 5.92 Å². The summed E-state index contributed by atoms with van der Waals surface area (Å²) in [7, 11) is 0. The number of nitrogens with zero attached hydrogens (tertiary/aromatic N) is 1. The van der Waals surface area contributed by atoms with Gasteiger partial charge in [-0.1, -0.05) is 57.4 Å². The summed E-state index contributed by atoms with van der Waals surface area (Å²) in [5, 5.41) is 3.01. The van der Waals surface area contributed by atoms with E-state index in [2.05, 4.69) is 25.2 Å². The van der Waals surface area contributed by atoms with Crippen LogP contribution in [-0.2, 0) is 16.8 Å². The molecule has 3 rings (SSSR count). The number of nitrogens with one attached hydrogen (secondary N) is 1. The van der Waals surface area contributed by atoms with E-state index in [0.717, 1.165) is 37.7 Å². The van der Waals surface area contributed by atoms with Gasteiger partial charge in [0.15, 0.2) is 0 Å². The maximum absolute atomic E-state index is 13.1. The van der Waals surface area contributed by atoms with Crippen molar-refractivity contribution in [1.82, 2.24) is 10.2 Å². The standard InChI is InChI=1S/C19H26N2O2/c1-3-5-8-14(4-2)13-21-17(22)19(20-18(21)23)12-11-15-9-6-7-10-16(15)19/h6-7,9-10,14H,3-5,8,11-13H2,1-2H3,(H,20,23). The van der Waals surface area contributed by atoms with Crippen molar-refractivity contribution < 1.29 is 9.59 Å². The summed E-state index contributed by atoms with van der Waals surface area (Å²) in [5.41, 5.74) is 1.36. The summed E-state index contributed by atoms with van der Waals surface area (Å²) in [6.45, 7) is 4.86. The lowest BCUT2D eigenvalue weighted by Crippen LogP contribution is -2.42. The van der Waals surface area contributed by atoms with Crippen LogP contribution in [0.4, 0.5) is 4.79 Å². The van der Waals surface area contributed by atoms with Crippen LogP contribution < -0.4 is 5.32 Å². The number of benzene rings is 1. The number of carbonyl (C=O) groups is 2. The van der Waals surface area contributed by atoms with E-state index >= 15 is 0 Å². The second-order valence-corrected chi connectivity index (χ2v) is 6.82. The van der Waals surface area contributed by atoms with Crippen LogP contribution in [0.15, 0.2) is 24.3 Å². The molecule has 124 valence electrons. The van der Waals surface area contributed by atoms with Gasteiger partial charge in [0, 0.05) is 6.54 Å². The van der Waals surface area contributed by atoms with Crippen LogP contribution in [0.3, 0.4) is 0 Å². The van der Waals surface area contributed by atoms with Crippen molar-refractivity contribution in [3.05, 3.63) is 35.4 Å². The fourth-order valence-electron chi connectivity index (χ4n) is 3.93. The number of hydrogen-bond donors (Lipinski definition) is 1. The van der Waals surface area contributed by atoms with E-state index in [1.807, 2.05) is 18.2 Å². The van der Waals surface area contributed by atoms with Crippen molar-refractivity contribution in [2.75, 3.05) is 6.54 Å². The number of urea groups is 1. The van der Waals surface area contributed by atoms with Gasteiger partial charge in [0.25, 0.3) is 5.91 Å². The molecule has 1 saturated heterocycles. The molecule has 4 nitrogen and oxygen atoms in total. The second-order valence-electron chi connectivity index (χ2n) is 6.82. The molecule has 0 bridgehead atoms. The monoisotopic (exact) mass is 314 g/mol. The van der Waals surface area contributed by atoms with Gasteiger partial charge in [0.05, 0.1) is 0 Å². The Hall–Kier alpha value is -1.84. The molecule has 1 N–H and O–H groups in total. The fraction of sp³-hybridized carbons (Fsp3) is 0.579.